The third kappa shape index (κ3) is 6.44. The standard InChI is InChI=1S/C32H33FN2O4/c1-21(2)30-29(32(38)34-25-12-8-5-9-13-25)28(22-10-6-4-7-11-22)31(23-14-16-24(33)17-15-23)35(30)19-18-26(36)20-27(37)39-3/h4-17,21,26,36H,18-20H2,1-3H3,(H,34,38)/t26-/m1/s1. The van der Waals surface area contributed by atoms with E-state index in [-0.39, 0.29) is 30.5 Å². The number of nitrogens with zero attached hydrogens (tertiary/aromatic N) is 1. The van der Waals surface area contributed by atoms with Crippen LogP contribution in [0.5, 0.6) is 0 Å². The zero-order chi connectivity index (χ0) is 27.9. The number of aromatic nitrogens is 1. The molecule has 6 nitrogen and oxygen atoms in total. The van der Waals surface area contributed by atoms with Gasteiger partial charge in [-0.05, 0) is 59.9 Å². The number of para-hydroxylation sites is 1. The van der Waals surface area contributed by atoms with Crippen LogP contribution in [0, 0.1) is 5.82 Å². The summed E-state index contributed by atoms with van der Waals surface area (Å²) in [5.41, 5.74) is 5.01. The van der Waals surface area contributed by atoms with Crippen molar-refractivity contribution in [3.05, 3.63) is 102 Å². The van der Waals surface area contributed by atoms with Crippen LogP contribution in [0.2, 0.25) is 0 Å². The van der Waals surface area contributed by atoms with E-state index in [0.29, 0.717) is 17.8 Å². The zero-order valence-corrected chi connectivity index (χ0v) is 22.4. The first-order valence-corrected chi connectivity index (χ1v) is 13.0. The van der Waals surface area contributed by atoms with Gasteiger partial charge in [0, 0.05) is 23.5 Å². The molecular weight excluding hydrogens is 495 g/mol. The molecule has 0 aliphatic rings. The van der Waals surface area contributed by atoms with Gasteiger partial charge in [0.15, 0.2) is 0 Å². The van der Waals surface area contributed by atoms with Crippen LogP contribution >= 0.6 is 0 Å². The summed E-state index contributed by atoms with van der Waals surface area (Å²) in [7, 11) is 1.29. The van der Waals surface area contributed by atoms with E-state index >= 15 is 0 Å². The SMILES string of the molecule is COC(=O)C[C@H](O)CCn1c(-c2ccc(F)cc2)c(-c2ccccc2)c(C(=O)Nc2ccccc2)c1C(C)C. The molecule has 4 aromatic rings. The van der Waals surface area contributed by atoms with Gasteiger partial charge < -0.3 is 19.7 Å². The zero-order valence-electron chi connectivity index (χ0n) is 22.4. The van der Waals surface area contributed by atoms with Gasteiger partial charge in [0.2, 0.25) is 0 Å². The van der Waals surface area contributed by atoms with Gasteiger partial charge in [-0.2, -0.15) is 0 Å². The molecule has 0 aliphatic carbocycles. The van der Waals surface area contributed by atoms with Crippen LogP contribution in [0.3, 0.4) is 0 Å². The molecule has 3 aromatic carbocycles. The Morgan fingerprint density at radius 1 is 0.923 bits per heavy atom. The van der Waals surface area contributed by atoms with Crippen LogP contribution in [0.25, 0.3) is 22.4 Å². The van der Waals surface area contributed by atoms with Crippen molar-refractivity contribution in [1.29, 1.82) is 0 Å². The van der Waals surface area contributed by atoms with Crippen molar-refractivity contribution in [2.45, 2.75) is 45.3 Å². The Hall–Kier alpha value is -4.23. The van der Waals surface area contributed by atoms with Gasteiger partial charge in [-0.25, -0.2) is 4.39 Å². The third-order valence-electron chi connectivity index (χ3n) is 6.61. The molecule has 0 spiro atoms. The number of methoxy groups -OCH3 is 1. The first-order chi connectivity index (χ1) is 18.8. The first-order valence-electron chi connectivity index (χ1n) is 13.0. The molecule has 202 valence electrons. The highest BCUT2D eigenvalue weighted by molar-refractivity contribution is 6.12. The number of hydrogen-bond acceptors (Lipinski definition) is 4. The molecule has 1 aromatic heterocycles. The number of aliphatic hydroxyl groups is 1. The lowest BCUT2D eigenvalue weighted by molar-refractivity contribution is -0.142. The molecular formula is C32H33FN2O4. The number of aliphatic hydroxyl groups excluding tert-OH is 1. The lowest BCUT2D eigenvalue weighted by atomic mass is 9.94. The normalized spacial score (nSPS) is 11.8. The average molecular weight is 529 g/mol. The summed E-state index contributed by atoms with van der Waals surface area (Å²) in [5.74, 6) is -1.19. The topological polar surface area (TPSA) is 80.6 Å². The Balaban J connectivity index is 1.95. The molecule has 7 heteroatoms. The number of hydrogen-bond donors (Lipinski definition) is 2. The van der Waals surface area contributed by atoms with Crippen molar-refractivity contribution in [3.8, 4) is 22.4 Å². The molecule has 0 fully saturated rings. The Kier molecular flexibility index (Phi) is 8.94. The maximum absolute atomic E-state index is 14.0. The van der Waals surface area contributed by atoms with Crippen molar-refractivity contribution >= 4 is 17.6 Å². The van der Waals surface area contributed by atoms with Gasteiger partial charge >= 0.3 is 5.97 Å². The lowest BCUT2D eigenvalue weighted by Gasteiger charge is -2.19. The highest BCUT2D eigenvalue weighted by Crippen LogP contribution is 2.42. The molecule has 0 bridgehead atoms. The molecule has 0 aliphatic heterocycles. The number of ether oxygens (including phenoxy) is 1. The number of carbonyl (C=O) groups is 2. The Labute approximate surface area is 228 Å². The molecule has 39 heavy (non-hydrogen) atoms. The second kappa shape index (κ2) is 12.5. The van der Waals surface area contributed by atoms with E-state index in [2.05, 4.69) is 5.32 Å². The van der Waals surface area contributed by atoms with Gasteiger partial charge in [-0.15, -0.1) is 0 Å². The number of halogens is 1. The van der Waals surface area contributed by atoms with E-state index in [0.717, 1.165) is 28.1 Å². The maximum atomic E-state index is 14.0. The summed E-state index contributed by atoms with van der Waals surface area (Å²) in [5, 5.41) is 13.6. The fraction of sp³-hybridized carbons (Fsp3) is 0.250. The van der Waals surface area contributed by atoms with Crippen molar-refractivity contribution < 1.29 is 23.8 Å². The van der Waals surface area contributed by atoms with E-state index < -0.39 is 12.1 Å². The predicted octanol–water partition coefficient (Wildman–Crippen LogP) is 6.65. The van der Waals surface area contributed by atoms with Gasteiger partial charge in [0.1, 0.15) is 5.82 Å². The first kappa shape index (κ1) is 27.8. The van der Waals surface area contributed by atoms with Crippen molar-refractivity contribution in [1.82, 2.24) is 4.57 Å². The van der Waals surface area contributed by atoms with Crippen molar-refractivity contribution in [2.75, 3.05) is 12.4 Å². The lowest BCUT2D eigenvalue weighted by Crippen LogP contribution is -2.19. The maximum Gasteiger partial charge on any atom is 0.308 e. The molecule has 0 unspecified atom stereocenters. The van der Waals surface area contributed by atoms with E-state index in [4.69, 9.17) is 4.74 Å². The van der Waals surface area contributed by atoms with E-state index in [9.17, 15) is 19.1 Å². The minimum Gasteiger partial charge on any atom is -0.469 e. The summed E-state index contributed by atoms with van der Waals surface area (Å²) in [4.78, 5) is 25.8. The minimum atomic E-state index is -0.928. The number of carbonyl (C=O) groups excluding carboxylic acids is 2. The summed E-state index contributed by atoms with van der Waals surface area (Å²) in [6.07, 6.45) is -0.804. The summed E-state index contributed by atoms with van der Waals surface area (Å²) in [6.45, 7) is 4.36. The summed E-state index contributed by atoms with van der Waals surface area (Å²) in [6, 6.07) is 25.1. The number of anilines is 1. The smallest absolute Gasteiger partial charge is 0.308 e. The van der Waals surface area contributed by atoms with Crippen molar-refractivity contribution in [3.63, 3.8) is 0 Å². The molecule has 0 saturated heterocycles. The molecule has 1 atom stereocenters. The van der Waals surface area contributed by atoms with E-state index in [1.165, 1.54) is 19.2 Å². The molecule has 2 N–H and O–H groups in total. The van der Waals surface area contributed by atoms with Crippen LogP contribution in [0.1, 0.15) is 48.7 Å². The second-order valence-electron chi connectivity index (χ2n) is 9.71. The fourth-order valence-electron chi connectivity index (χ4n) is 4.86. The Morgan fingerprint density at radius 3 is 2.13 bits per heavy atom. The van der Waals surface area contributed by atoms with Crippen LogP contribution in [-0.2, 0) is 16.1 Å². The van der Waals surface area contributed by atoms with Gasteiger partial charge in [-0.3, -0.25) is 9.59 Å². The van der Waals surface area contributed by atoms with Crippen molar-refractivity contribution in [2.24, 2.45) is 0 Å². The largest absolute Gasteiger partial charge is 0.469 e. The van der Waals surface area contributed by atoms with Crippen LogP contribution in [0.15, 0.2) is 84.9 Å². The molecule has 0 radical (unpaired) electrons. The van der Waals surface area contributed by atoms with Crippen LogP contribution < -0.4 is 5.32 Å². The monoisotopic (exact) mass is 528 g/mol. The van der Waals surface area contributed by atoms with Crippen LogP contribution in [0.4, 0.5) is 10.1 Å². The second-order valence-corrected chi connectivity index (χ2v) is 9.71. The van der Waals surface area contributed by atoms with Crippen LogP contribution in [-0.4, -0.2) is 34.8 Å². The van der Waals surface area contributed by atoms with E-state index in [1.54, 1.807) is 12.1 Å². The number of esters is 1. The number of benzene rings is 3. The predicted molar refractivity (Wildman–Crippen MR) is 151 cm³/mol. The van der Waals surface area contributed by atoms with E-state index in [1.807, 2.05) is 79.1 Å². The Bertz CT molecular complexity index is 1410. The quantitative estimate of drug-likeness (QED) is 0.226. The summed E-state index contributed by atoms with van der Waals surface area (Å²) < 4.78 is 20.7. The molecule has 0 saturated carbocycles. The average Bonchev–Trinajstić information content (AvgIpc) is 3.29. The molecule has 1 heterocycles. The number of amides is 1. The number of nitrogens with one attached hydrogen (secondary N) is 1. The minimum absolute atomic E-state index is 0.0732. The number of rotatable bonds is 10. The van der Waals surface area contributed by atoms with Gasteiger partial charge in [-0.1, -0.05) is 62.4 Å². The third-order valence-corrected chi connectivity index (χ3v) is 6.61. The summed E-state index contributed by atoms with van der Waals surface area (Å²) >= 11 is 0. The van der Waals surface area contributed by atoms with Gasteiger partial charge in [0.05, 0.1) is 30.9 Å². The Morgan fingerprint density at radius 2 is 1.54 bits per heavy atom. The fourth-order valence-corrected chi connectivity index (χ4v) is 4.86. The molecule has 1 amide bonds. The highest BCUT2D eigenvalue weighted by Gasteiger charge is 2.30. The molecule has 4 rings (SSSR count). The van der Waals surface area contributed by atoms with Gasteiger partial charge in [0.25, 0.3) is 5.91 Å². The highest BCUT2D eigenvalue weighted by atomic mass is 19.1.